The number of benzene rings is 1. The van der Waals surface area contributed by atoms with Crippen LogP contribution < -0.4 is 5.32 Å². The Hall–Kier alpha value is -1.07. The molecule has 0 spiro atoms. The molecule has 24 heavy (non-hydrogen) atoms. The Morgan fingerprint density at radius 3 is 2.50 bits per heavy atom. The summed E-state index contributed by atoms with van der Waals surface area (Å²) in [5.41, 5.74) is 1.48. The van der Waals surface area contributed by atoms with Gasteiger partial charge >= 0.3 is 0 Å². The largest absolute Gasteiger partial charge is 0.381 e. The summed E-state index contributed by atoms with van der Waals surface area (Å²) in [5, 5.41) is 3.48. The highest BCUT2D eigenvalue weighted by atomic mass is 79.9. The maximum absolute atomic E-state index is 5.64. The van der Waals surface area contributed by atoms with E-state index in [9.17, 15) is 0 Å². The van der Waals surface area contributed by atoms with E-state index in [1.54, 1.807) is 0 Å². The third kappa shape index (κ3) is 4.12. The van der Waals surface area contributed by atoms with Crippen molar-refractivity contribution >= 4 is 21.9 Å². The zero-order chi connectivity index (χ0) is 16.8. The monoisotopic (exact) mass is 393 g/mol. The number of aliphatic imine (C=N–C) groups is 1. The van der Waals surface area contributed by atoms with Gasteiger partial charge in [0.15, 0.2) is 5.96 Å². The molecule has 0 bridgehead atoms. The fraction of sp³-hybridized carbons (Fsp3) is 0.632. The van der Waals surface area contributed by atoms with Gasteiger partial charge in [0.2, 0.25) is 0 Å². The van der Waals surface area contributed by atoms with Gasteiger partial charge < -0.3 is 15.0 Å². The fourth-order valence-corrected chi connectivity index (χ4v) is 3.95. The number of nitrogens with one attached hydrogen (secondary N) is 1. The second-order valence-electron chi connectivity index (χ2n) is 6.76. The molecule has 1 aromatic rings. The van der Waals surface area contributed by atoms with Crippen molar-refractivity contribution in [3.05, 3.63) is 34.3 Å². The number of guanidine groups is 1. The Morgan fingerprint density at radius 1 is 1.21 bits per heavy atom. The molecular weight excluding hydrogens is 366 g/mol. The first-order chi connectivity index (χ1) is 11.7. The topological polar surface area (TPSA) is 36.9 Å². The molecule has 0 unspecified atom stereocenters. The summed E-state index contributed by atoms with van der Waals surface area (Å²) in [4.78, 5) is 7.46. The summed E-state index contributed by atoms with van der Waals surface area (Å²) in [5.74, 6) is 1.08. The summed E-state index contributed by atoms with van der Waals surface area (Å²) in [6.07, 6.45) is 4.63. The van der Waals surface area contributed by atoms with Crippen LogP contribution in [-0.4, -0.2) is 50.3 Å². The molecule has 0 amide bonds. The van der Waals surface area contributed by atoms with Crippen molar-refractivity contribution in [2.24, 2.45) is 4.99 Å². The number of hydrogen-bond donors (Lipinski definition) is 1. The molecule has 0 radical (unpaired) electrons. The number of likely N-dealkylation sites (tertiary alicyclic amines) is 1. The van der Waals surface area contributed by atoms with Gasteiger partial charge in [0.1, 0.15) is 0 Å². The summed E-state index contributed by atoms with van der Waals surface area (Å²) in [7, 11) is 0. The van der Waals surface area contributed by atoms with Crippen LogP contribution in [0, 0.1) is 0 Å². The van der Waals surface area contributed by atoms with E-state index in [1.807, 2.05) is 0 Å². The standard InChI is InChI=1S/C19H28BrN3O/c1-2-21-18(23-11-3-4-12-23)22-15-19(9-13-24-14-10-19)16-5-7-17(20)8-6-16/h5-8H,2-4,9-15H2,1H3,(H,21,22). The summed E-state index contributed by atoms with van der Waals surface area (Å²) in [6, 6.07) is 8.77. The molecule has 2 aliphatic rings. The molecule has 1 aromatic carbocycles. The zero-order valence-corrected chi connectivity index (χ0v) is 16.1. The van der Waals surface area contributed by atoms with Crippen molar-refractivity contribution in [2.75, 3.05) is 39.4 Å². The van der Waals surface area contributed by atoms with Gasteiger partial charge in [-0.05, 0) is 50.3 Å². The molecule has 2 aliphatic heterocycles. The lowest BCUT2D eigenvalue weighted by Crippen LogP contribution is -2.42. The number of nitrogens with zero attached hydrogens (tertiary/aromatic N) is 2. The lowest BCUT2D eigenvalue weighted by Gasteiger charge is -2.37. The molecule has 5 heteroatoms. The van der Waals surface area contributed by atoms with E-state index in [1.165, 1.54) is 18.4 Å². The molecule has 2 heterocycles. The molecular formula is C19H28BrN3O. The van der Waals surface area contributed by atoms with Gasteiger partial charge in [-0.15, -0.1) is 0 Å². The maximum atomic E-state index is 5.64. The van der Waals surface area contributed by atoms with Crippen molar-refractivity contribution in [1.29, 1.82) is 0 Å². The molecule has 4 nitrogen and oxygen atoms in total. The molecule has 132 valence electrons. The van der Waals surface area contributed by atoms with Gasteiger partial charge in [0.25, 0.3) is 0 Å². The Labute approximate surface area is 153 Å². The molecule has 0 aliphatic carbocycles. The van der Waals surface area contributed by atoms with Crippen LogP contribution in [0.5, 0.6) is 0 Å². The Balaban J connectivity index is 1.82. The lowest BCUT2D eigenvalue weighted by atomic mass is 9.74. The van der Waals surface area contributed by atoms with Crippen molar-refractivity contribution in [2.45, 2.75) is 38.0 Å². The summed E-state index contributed by atoms with van der Waals surface area (Å²) >= 11 is 3.55. The number of rotatable bonds is 4. The van der Waals surface area contributed by atoms with E-state index < -0.39 is 0 Å². The van der Waals surface area contributed by atoms with Crippen LogP contribution in [0.25, 0.3) is 0 Å². The lowest BCUT2D eigenvalue weighted by molar-refractivity contribution is 0.0530. The summed E-state index contributed by atoms with van der Waals surface area (Å²) < 4.78 is 6.77. The van der Waals surface area contributed by atoms with Crippen molar-refractivity contribution in [3.8, 4) is 0 Å². The van der Waals surface area contributed by atoms with E-state index in [0.29, 0.717) is 0 Å². The molecule has 2 saturated heterocycles. The van der Waals surface area contributed by atoms with E-state index in [0.717, 1.165) is 62.7 Å². The molecule has 1 N–H and O–H groups in total. The third-order valence-corrected chi connectivity index (χ3v) is 5.71. The number of hydrogen-bond acceptors (Lipinski definition) is 2. The predicted octanol–water partition coefficient (Wildman–Crippen LogP) is 3.56. The minimum Gasteiger partial charge on any atom is -0.381 e. The molecule has 2 fully saturated rings. The van der Waals surface area contributed by atoms with Crippen LogP contribution in [0.15, 0.2) is 33.7 Å². The van der Waals surface area contributed by atoms with Crippen LogP contribution in [0.4, 0.5) is 0 Å². The van der Waals surface area contributed by atoms with Gasteiger partial charge in [-0.1, -0.05) is 28.1 Å². The third-order valence-electron chi connectivity index (χ3n) is 5.18. The van der Waals surface area contributed by atoms with E-state index in [4.69, 9.17) is 9.73 Å². The van der Waals surface area contributed by atoms with Crippen molar-refractivity contribution in [3.63, 3.8) is 0 Å². The zero-order valence-electron chi connectivity index (χ0n) is 14.6. The molecule has 3 rings (SSSR count). The van der Waals surface area contributed by atoms with Crippen LogP contribution in [-0.2, 0) is 10.2 Å². The average Bonchev–Trinajstić information content (AvgIpc) is 3.14. The highest BCUT2D eigenvalue weighted by molar-refractivity contribution is 9.10. The quantitative estimate of drug-likeness (QED) is 0.627. The average molecular weight is 394 g/mol. The molecule has 0 aromatic heterocycles. The number of ether oxygens (including phenoxy) is 1. The van der Waals surface area contributed by atoms with Crippen LogP contribution in [0.3, 0.4) is 0 Å². The van der Waals surface area contributed by atoms with E-state index in [2.05, 4.69) is 57.3 Å². The SMILES string of the molecule is CCNC(=NCC1(c2ccc(Br)cc2)CCOCC1)N1CCCC1. The Kier molecular flexibility index (Phi) is 6.17. The minimum atomic E-state index is 0.0966. The first kappa shape index (κ1) is 17.7. The highest BCUT2D eigenvalue weighted by Crippen LogP contribution is 2.36. The second-order valence-corrected chi connectivity index (χ2v) is 7.68. The van der Waals surface area contributed by atoms with Crippen molar-refractivity contribution < 1.29 is 4.74 Å². The number of halogens is 1. The van der Waals surface area contributed by atoms with Crippen LogP contribution >= 0.6 is 15.9 Å². The van der Waals surface area contributed by atoms with Crippen LogP contribution in [0.2, 0.25) is 0 Å². The maximum Gasteiger partial charge on any atom is 0.193 e. The second kappa shape index (κ2) is 8.34. The van der Waals surface area contributed by atoms with E-state index >= 15 is 0 Å². The normalized spacial score (nSPS) is 21.1. The fourth-order valence-electron chi connectivity index (χ4n) is 3.68. The highest BCUT2D eigenvalue weighted by Gasteiger charge is 2.34. The van der Waals surface area contributed by atoms with Gasteiger partial charge in [-0.3, -0.25) is 4.99 Å². The minimum absolute atomic E-state index is 0.0966. The summed E-state index contributed by atoms with van der Waals surface area (Å²) in [6.45, 7) is 7.79. The van der Waals surface area contributed by atoms with Crippen molar-refractivity contribution in [1.82, 2.24) is 10.2 Å². The van der Waals surface area contributed by atoms with Gasteiger partial charge in [0.05, 0.1) is 6.54 Å². The van der Waals surface area contributed by atoms with Gasteiger partial charge in [-0.25, -0.2) is 0 Å². The van der Waals surface area contributed by atoms with Crippen LogP contribution in [0.1, 0.15) is 38.2 Å². The molecule has 0 atom stereocenters. The van der Waals surface area contributed by atoms with Gasteiger partial charge in [-0.2, -0.15) is 0 Å². The smallest absolute Gasteiger partial charge is 0.193 e. The first-order valence-electron chi connectivity index (χ1n) is 9.10. The first-order valence-corrected chi connectivity index (χ1v) is 9.90. The predicted molar refractivity (Wildman–Crippen MR) is 103 cm³/mol. The Morgan fingerprint density at radius 2 is 1.88 bits per heavy atom. The van der Waals surface area contributed by atoms with E-state index in [-0.39, 0.29) is 5.41 Å². The Bertz CT molecular complexity index is 546. The molecule has 0 saturated carbocycles. The van der Waals surface area contributed by atoms with Gasteiger partial charge in [0, 0.05) is 42.7 Å².